The largest absolute Gasteiger partial charge is 0.462 e. The molecule has 0 atom stereocenters. The van der Waals surface area contributed by atoms with Crippen molar-refractivity contribution in [2.75, 3.05) is 6.61 Å². The topological polar surface area (TPSA) is 69.4 Å². The Bertz CT molecular complexity index is 1240. The Morgan fingerprint density at radius 3 is 2.54 bits per heavy atom. The Labute approximate surface area is 161 Å². The molecule has 0 radical (unpaired) electrons. The van der Waals surface area contributed by atoms with E-state index < -0.39 is 5.97 Å². The zero-order chi connectivity index (χ0) is 19.7. The van der Waals surface area contributed by atoms with Crippen LogP contribution in [0.5, 0.6) is 0 Å². The second kappa shape index (κ2) is 7.27. The number of carbonyl (C=O) groups excluding carboxylic acids is 1. The van der Waals surface area contributed by atoms with Gasteiger partial charge in [0.2, 0.25) is 11.1 Å². The van der Waals surface area contributed by atoms with Crippen LogP contribution in [0.2, 0.25) is 0 Å². The molecule has 0 saturated heterocycles. The normalized spacial score (nSPS) is 11.1. The number of aryl methyl sites for hydroxylation is 1. The van der Waals surface area contributed by atoms with Crippen LogP contribution in [0.15, 0.2) is 63.8 Å². The third-order valence-electron chi connectivity index (χ3n) is 4.68. The maximum Gasteiger partial charge on any atom is 0.340 e. The molecule has 0 aliphatic heterocycles. The summed E-state index contributed by atoms with van der Waals surface area (Å²) in [6.07, 6.45) is 0.812. The van der Waals surface area contributed by atoms with E-state index in [0.717, 1.165) is 17.5 Å². The highest BCUT2D eigenvalue weighted by atomic mass is 16.5. The van der Waals surface area contributed by atoms with Crippen molar-refractivity contribution in [1.82, 2.24) is 4.98 Å². The summed E-state index contributed by atoms with van der Waals surface area (Å²) in [4.78, 5) is 30.2. The summed E-state index contributed by atoms with van der Waals surface area (Å²) < 4.78 is 11.1. The summed E-state index contributed by atoms with van der Waals surface area (Å²) in [5.41, 5.74) is 2.94. The van der Waals surface area contributed by atoms with Gasteiger partial charge < -0.3 is 9.15 Å². The first-order chi connectivity index (χ1) is 13.6. The van der Waals surface area contributed by atoms with Crippen LogP contribution in [0.3, 0.4) is 0 Å². The molecule has 0 spiro atoms. The zero-order valence-electron chi connectivity index (χ0n) is 15.7. The van der Waals surface area contributed by atoms with Crippen LogP contribution < -0.4 is 5.43 Å². The first-order valence-electron chi connectivity index (χ1n) is 9.25. The van der Waals surface area contributed by atoms with Crippen LogP contribution in [0.25, 0.3) is 33.3 Å². The number of ether oxygens (including phenoxy) is 1. The SMILES string of the molecule is CCOC(=O)c1cc2c(=O)c3cc(CC)ccc3oc2nc1-c1ccccc1. The zero-order valence-corrected chi connectivity index (χ0v) is 15.7. The molecule has 2 heterocycles. The maximum absolute atomic E-state index is 13.1. The minimum atomic E-state index is -0.516. The fourth-order valence-electron chi connectivity index (χ4n) is 3.23. The number of nitrogens with zero attached hydrogens (tertiary/aromatic N) is 1. The predicted molar refractivity (Wildman–Crippen MR) is 109 cm³/mol. The molecule has 2 aromatic heterocycles. The standard InChI is InChI=1S/C23H19NO4/c1-3-14-10-11-19-16(12-14)21(25)18-13-17(23(26)27-4-2)20(24-22(18)28-19)15-8-6-5-7-9-15/h5-13H,3-4H2,1-2H3. The number of fused-ring (bicyclic) bond motifs is 2. The van der Waals surface area contributed by atoms with E-state index in [1.165, 1.54) is 6.07 Å². The average molecular weight is 373 g/mol. The van der Waals surface area contributed by atoms with Gasteiger partial charge in [0.15, 0.2) is 0 Å². The quantitative estimate of drug-likeness (QED) is 0.381. The number of hydrogen-bond acceptors (Lipinski definition) is 5. The summed E-state index contributed by atoms with van der Waals surface area (Å²) in [5.74, 6) is -0.516. The Balaban J connectivity index is 2.06. The van der Waals surface area contributed by atoms with Crippen molar-refractivity contribution < 1.29 is 13.9 Å². The Morgan fingerprint density at radius 2 is 1.82 bits per heavy atom. The Hall–Kier alpha value is -3.47. The number of carbonyl (C=O) groups is 1. The fraction of sp³-hybridized carbons (Fsp3) is 0.174. The number of aromatic nitrogens is 1. The number of esters is 1. The van der Waals surface area contributed by atoms with Crippen LogP contribution in [0.1, 0.15) is 29.8 Å². The van der Waals surface area contributed by atoms with Gasteiger partial charge in [0, 0.05) is 5.56 Å². The second-order valence-electron chi connectivity index (χ2n) is 6.44. The molecule has 0 aliphatic carbocycles. The minimum absolute atomic E-state index is 0.202. The average Bonchev–Trinajstić information content (AvgIpc) is 2.73. The molecule has 0 N–H and O–H groups in total. The second-order valence-corrected chi connectivity index (χ2v) is 6.44. The van der Waals surface area contributed by atoms with Gasteiger partial charge in [-0.2, -0.15) is 0 Å². The third-order valence-corrected chi connectivity index (χ3v) is 4.68. The lowest BCUT2D eigenvalue weighted by molar-refractivity contribution is 0.0527. The molecule has 0 bridgehead atoms. The summed E-state index contributed by atoms with van der Waals surface area (Å²) in [6, 6.07) is 16.4. The third kappa shape index (κ3) is 3.05. The van der Waals surface area contributed by atoms with Crippen molar-refractivity contribution in [1.29, 1.82) is 0 Å². The van der Waals surface area contributed by atoms with E-state index in [1.54, 1.807) is 13.0 Å². The van der Waals surface area contributed by atoms with Crippen molar-refractivity contribution in [3.8, 4) is 11.3 Å². The van der Waals surface area contributed by atoms with Gasteiger partial charge in [0.25, 0.3) is 0 Å². The van der Waals surface area contributed by atoms with E-state index in [1.807, 2.05) is 49.4 Å². The lowest BCUT2D eigenvalue weighted by Gasteiger charge is -2.10. The molecule has 140 valence electrons. The van der Waals surface area contributed by atoms with Gasteiger partial charge >= 0.3 is 5.97 Å². The molecule has 0 fully saturated rings. The first kappa shape index (κ1) is 17.9. The van der Waals surface area contributed by atoms with Gasteiger partial charge in [0.1, 0.15) is 5.58 Å². The monoisotopic (exact) mass is 373 g/mol. The van der Waals surface area contributed by atoms with Gasteiger partial charge in [-0.1, -0.05) is 43.3 Å². The van der Waals surface area contributed by atoms with Crippen LogP contribution >= 0.6 is 0 Å². The lowest BCUT2D eigenvalue weighted by atomic mass is 10.0. The van der Waals surface area contributed by atoms with Gasteiger partial charge in [-0.25, -0.2) is 9.78 Å². The highest BCUT2D eigenvalue weighted by Gasteiger charge is 2.20. The fourth-order valence-corrected chi connectivity index (χ4v) is 3.23. The maximum atomic E-state index is 13.1. The molecule has 5 nitrogen and oxygen atoms in total. The summed E-state index contributed by atoms with van der Waals surface area (Å²) >= 11 is 0. The minimum Gasteiger partial charge on any atom is -0.462 e. The van der Waals surface area contributed by atoms with Crippen molar-refractivity contribution in [2.24, 2.45) is 0 Å². The van der Waals surface area contributed by atoms with Gasteiger partial charge in [-0.05, 0) is 37.1 Å². The van der Waals surface area contributed by atoms with E-state index >= 15 is 0 Å². The number of hydrogen-bond donors (Lipinski definition) is 0. The van der Waals surface area contributed by atoms with Crippen LogP contribution in [-0.2, 0) is 11.2 Å². The van der Waals surface area contributed by atoms with Crippen LogP contribution in [0.4, 0.5) is 0 Å². The van der Waals surface area contributed by atoms with E-state index in [4.69, 9.17) is 9.15 Å². The molecule has 0 amide bonds. The Kier molecular flexibility index (Phi) is 4.65. The number of rotatable bonds is 4. The number of pyridine rings is 1. The molecule has 5 heteroatoms. The van der Waals surface area contributed by atoms with Crippen molar-refractivity contribution in [3.63, 3.8) is 0 Å². The molecule has 4 rings (SSSR count). The molecular weight excluding hydrogens is 354 g/mol. The summed E-state index contributed by atoms with van der Waals surface area (Å²) in [7, 11) is 0. The summed E-state index contributed by atoms with van der Waals surface area (Å²) in [5, 5.41) is 0.749. The molecule has 0 saturated carbocycles. The van der Waals surface area contributed by atoms with E-state index in [9.17, 15) is 9.59 Å². The highest BCUT2D eigenvalue weighted by Crippen LogP contribution is 2.27. The molecule has 4 aromatic rings. The van der Waals surface area contributed by atoms with E-state index in [-0.39, 0.29) is 28.7 Å². The summed E-state index contributed by atoms with van der Waals surface area (Å²) in [6.45, 7) is 4.00. The van der Waals surface area contributed by atoms with Crippen molar-refractivity contribution >= 4 is 28.0 Å². The molecule has 28 heavy (non-hydrogen) atoms. The highest BCUT2D eigenvalue weighted by molar-refractivity contribution is 6.01. The van der Waals surface area contributed by atoms with Crippen molar-refractivity contribution in [3.05, 3.63) is 75.9 Å². The predicted octanol–water partition coefficient (Wildman–Crippen LogP) is 4.75. The van der Waals surface area contributed by atoms with Gasteiger partial charge in [-0.15, -0.1) is 0 Å². The smallest absolute Gasteiger partial charge is 0.340 e. The van der Waals surface area contributed by atoms with Crippen molar-refractivity contribution in [2.45, 2.75) is 20.3 Å². The Morgan fingerprint density at radius 1 is 1.04 bits per heavy atom. The van der Waals surface area contributed by atoms with Crippen LogP contribution in [-0.4, -0.2) is 17.6 Å². The molecule has 0 unspecified atom stereocenters. The van der Waals surface area contributed by atoms with Crippen LogP contribution in [0, 0.1) is 0 Å². The van der Waals surface area contributed by atoms with Gasteiger partial charge in [-0.3, -0.25) is 4.79 Å². The van der Waals surface area contributed by atoms with E-state index in [0.29, 0.717) is 16.7 Å². The lowest BCUT2D eigenvalue weighted by Crippen LogP contribution is -2.11. The first-order valence-corrected chi connectivity index (χ1v) is 9.25. The van der Waals surface area contributed by atoms with E-state index in [2.05, 4.69) is 4.98 Å². The molecule has 2 aromatic carbocycles. The number of benzene rings is 2. The molecule has 0 aliphatic rings. The van der Waals surface area contributed by atoms with Gasteiger partial charge in [0.05, 0.1) is 28.6 Å². The molecular formula is C23H19NO4.